The number of aromatic amines is 1. The van der Waals surface area contributed by atoms with Crippen molar-refractivity contribution >= 4 is 17.6 Å². The van der Waals surface area contributed by atoms with Crippen LogP contribution >= 0.6 is 0 Å². The number of hydrogen-bond acceptors (Lipinski definition) is 5. The number of nitrogens with one attached hydrogen (secondary N) is 2. The van der Waals surface area contributed by atoms with Crippen LogP contribution in [-0.4, -0.2) is 37.6 Å². The molecule has 1 heterocycles. The number of anilines is 1. The SMILES string of the molecule is O=C(O)Cc1cccc(NC(=O)c2nn[nH]n2)c1. The molecule has 0 saturated carbocycles. The molecule has 0 atom stereocenters. The first-order valence-corrected chi connectivity index (χ1v) is 5.00. The van der Waals surface area contributed by atoms with Gasteiger partial charge in [0.25, 0.3) is 11.7 Å². The fourth-order valence-corrected chi connectivity index (χ4v) is 1.38. The van der Waals surface area contributed by atoms with E-state index in [9.17, 15) is 9.59 Å². The molecule has 1 amide bonds. The Balaban J connectivity index is 2.10. The Morgan fingerprint density at radius 2 is 2.22 bits per heavy atom. The van der Waals surface area contributed by atoms with E-state index in [2.05, 4.69) is 25.9 Å². The van der Waals surface area contributed by atoms with Gasteiger partial charge in [-0.15, -0.1) is 10.2 Å². The minimum atomic E-state index is -0.934. The number of rotatable bonds is 4. The van der Waals surface area contributed by atoms with Crippen LogP contribution in [0.3, 0.4) is 0 Å². The Hall–Kier alpha value is -2.77. The average Bonchev–Trinajstić information content (AvgIpc) is 2.81. The van der Waals surface area contributed by atoms with Crippen molar-refractivity contribution in [2.45, 2.75) is 6.42 Å². The predicted octanol–water partition coefficient (Wildman–Crippen LogP) is 0.0791. The van der Waals surface area contributed by atoms with E-state index in [4.69, 9.17) is 5.11 Å². The molecule has 8 heteroatoms. The summed E-state index contributed by atoms with van der Waals surface area (Å²) in [5, 5.41) is 23.7. The first-order chi connectivity index (χ1) is 8.65. The third kappa shape index (κ3) is 2.88. The van der Waals surface area contributed by atoms with Gasteiger partial charge in [0.1, 0.15) is 0 Å². The van der Waals surface area contributed by atoms with Crippen LogP contribution < -0.4 is 5.32 Å². The molecule has 8 nitrogen and oxygen atoms in total. The van der Waals surface area contributed by atoms with Crippen LogP contribution in [0.5, 0.6) is 0 Å². The van der Waals surface area contributed by atoms with Crippen LogP contribution in [0.15, 0.2) is 24.3 Å². The van der Waals surface area contributed by atoms with Crippen LogP contribution in [0.2, 0.25) is 0 Å². The molecular formula is C10H9N5O3. The largest absolute Gasteiger partial charge is 0.481 e. The summed E-state index contributed by atoms with van der Waals surface area (Å²) in [6.45, 7) is 0. The second kappa shape index (κ2) is 5.04. The van der Waals surface area contributed by atoms with E-state index in [-0.39, 0.29) is 12.2 Å². The van der Waals surface area contributed by atoms with E-state index >= 15 is 0 Å². The topological polar surface area (TPSA) is 121 Å². The Kier molecular flexibility index (Phi) is 3.28. The number of nitrogens with zero attached hydrogens (tertiary/aromatic N) is 3. The number of carbonyl (C=O) groups excluding carboxylic acids is 1. The van der Waals surface area contributed by atoms with Gasteiger partial charge in [0.2, 0.25) is 0 Å². The van der Waals surface area contributed by atoms with Crippen LogP contribution in [-0.2, 0) is 11.2 Å². The molecule has 0 aliphatic carbocycles. The van der Waals surface area contributed by atoms with Gasteiger partial charge in [-0.3, -0.25) is 9.59 Å². The fourth-order valence-electron chi connectivity index (χ4n) is 1.38. The molecule has 0 aliphatic heterocycles. The molecule has 92 valence electrons. The number of amides is 1. The molecule has 0 unspecified atom stereocenters. The van der Waals surface area contributed by atoms with Crippen molar-refractivity contribution in [1.82, 2.24) is 20.6 Å². The van der Waals surface area contributed by atoms with Crippen molar-refractivity contribution in [1.29, 1.82) is 0 Å². The van der Waals surface area contributed by atoms with E-state index in [0.29, 0.717) is 11.3 Å². The van der Waals surface area contributed by atoms with Gasteiger partial charge in [0, 0.05) is 5.69 Å². The molecule has 0 saturated heterocycles. The third-order valence-electron chi connectivity index (χ3n) is 2.09. The highest BCUT2D eigenvalue weighted by Crippen LogP contribution is 2.11. The van der Waals surface area contributed by atoms with Gasteiger partial charge < -0.3 is 10.4 Å². The summed E-state index contributed by atoms with van der Waals surface area (Å²) in [4.78, 5) is 22.2. The Labute approximate surface area is 101 Å². The number of H-pyrrole nitrogens is 1. The normalized spacial score (nSPS) is 10.0. The van der Waals surface area contributed by atoms with E-state index in [1.807, 2.05) is 0 Å². The lowest BCUT2D eigenvalue weighted by Crippen LogP contribution is -2.14. The molecule has 2 rings (SSSR count). The van der Waals surface area contributed by atoms with Gasteiger partial charge in [0.15, 0.2) is 0 Å². The second-order valence-corrected chi connectivity index (χ2v) is 3.46. The number of carboxylic acid groups (broad SMARTS) is 1. The highest BCUT2D eigenvalue weighted by atomic mass is 16.4. The maximum Gasteiger partial charge on any atom is 0.307 e. The van der Waals surface area contributed by atoms with E-state index in [1.54, 1.807) is 24.3 Å². The minimum Gasteiger partial charge on any atom is -0.481 e. The summed E-state index contributed by atoms with van der Waals surface area (Å²) in [5.41, 5.74) is 1.07. The lowest BCUT2D eigenvalue weighted by Gasteiger charge is -2.04. The third-order valence-corrected chi connectivity index (χ3v) is 2.09. The lowest BCUT2D eigenvalue weighted by atomic mass is 10.1. The summed E-state index contributed by atoms with van der Waals surface area (Å²) in [5.74, 6) is -1.54. The van der Waals surface area contributed by atoms with Gasteiger partial charge in [-0.2, -0.15) is 5.21 Å². The molecule has 0 aliphatic rings. The number of carboxylic acids is 1. The first kappa shape index (κ1) is 11.7. The average molecular weight is 247 g/mol. The molecule has 0 spiro atoms. The number of aromatic nitrogens is 4. The van der Waals surface area contributed by atoms with Gasteiger partial charge in [-0.1, -0.05) is 12.1 Å². The van der Waals surface area contributed by atoms with Crippen LogP contribution in [0.25, 0.3) is 0 Å². The summed E-state index contributed by atoms with van der Waals surface area (Å²) in [6, 6.07) is 6.54. The van der Waals surface area contributed by atoms with Crippen molar-refractivity contribution in [3.63, 3.8) is 0 Å². The number of carbonyl (C=O) groups is 2. The van der Waals surface area contributed by atoms with E-state index in [1.165, 1.54) is 0 Å². The van der Waals surface area contributed by atoms with Gasteiger partial charge in [0.05, 0.1) is 6.42 Å². The minimum absolute atomic E-state index is 0.0846. The summed E-state index contributed by atoms with van der Waals surface area (Å²) in [6.07, 6.45) is -0.105. The molecule has 2 aromatic rings. The molecular weight excluding hydrogens is 238 g/mol. The molecule has 1 aromatic carbocycles. The summed E-state index contributed by atoms with van der Waals surface area (Å²) in [7, 11) is 0. The van der Waals surface area contributed by atoms with Crippen molar-refractivity contribution in [2.75, 3.05) is 5.32 Å². The maximum absolute atomic E-state index is 11.6. The van der Waals surface area contributed by atoms with Crippen molar-refractivity contribution in [3.8, 4) is 0 Å². The zero-order chi connectivity index (χ0) is 13.0. The zero-order valence-corrected chi connectivity index (χ0v) is 9.12. The molecule has 18 heavy (non-hydrogen) atoms. The fraction of sp³-hybridized carbons (Fsp3) is 0.100. The Morgan fingerprint density at radius 1 is 1.39 bits per heavy atom. The number of benzene rings is 1. The molecule has 3 N–H and O–H groups in total. The van der Waals surface area contributed by atoms with E-state index < -0.39 is 11.9 Å². The summed E-state index contributed by atoms with van der Waals surface area (Å²) >= 11 is 0. The highest BCUT2D eigenvalue weighted by molar-refractivity contribution is 6.01. The van der Waals surface area contributed by atoms with Gasteiger partial charge in [-0.25, -0.2) is 0 Å². The lowest BCUT2D eigenvalue weighted by molar-refractivity contribution is -0.136. The maximum atomic E-state index is 11.6. The standard InChI is InChI=1S/C10H9N5O3/c16-8(17)5-6-2-1-3-7(4-6)11-10(18)9-12-14-15-13-9/h1-4H,5H2,(H,11,18)(H,16,17)(H,12,13,14,15). The summed E-state index contributed by atoms with van der Waals surface area (Å²) < 4.78 is 0. The van der Waals surface area contributed by atoms with Crippen LogP contribution in [0.1, 0.15) is 16.2 Å². The van der Waals surface area contributed by atoms with Gasteiger partial charge >= 0.3 is 5.97 Å². The quantitative estimate of drug-likeness (QED) is 0.703. The zero-order valence-electron chi connectivity index (χ0n) is 9.12. The Morgan fingerprint density at radius 3 is 2.89 bits per heavy atom. The highest BCUT2D eigenvalue weighted by Gasteiger charge is 2.11. The Bertz CT molecular complexity index is 567. The first-order valence-electron chi connectivity index (χ1n) is 5.00. The molecule has 0 radical (unpaired) electrons. The predicted molar refractivity (Wildman–Crippen MR) is 59.9 cm³/mol. The number of aliphatic carboxylic acids is 1. The van der Waals surface area contributed by atoms with Crippen molar-refractivity contribution in [2.24, 2.45) is 0 Å². The molecule has 0 bridgehead atoms. The smallest absolute Gasteiger partial charge is 0.307 e. The number of hydrogen-bond donors (Lipinski definition) is 3. The van der Waals surface area contributed by atoms with Crippen molar-refractivity contribution in [3.05, 3.63) is 35.7 Å². The number of tetrazole rings is 1. The molecule has 1 aromatic heterocycles. The molecule has 0 fully saturated rings. The van der Waals surface area contributed by atoms with Crippen LogP contribution in [0, 0.1) is 0 Å². The second-order valence-electron chi connectivity index (χ2n) is 3.46. The monoisotopic (exact) mass is 247 g/mol. The van der Waals surface area contributed by atoms with Gasteiger partial charge in [-0.05, 0) is 22.9 Å². The van der Waals surface area contributed by atoms with Crippen molar-refractivity contribution < 1.29 is 14.7 Å². The van der Waals surface area contributed by atoms with E-state index in [0.717, 1.165) is 0 Å². The van der Waals surface area contributed by atoms with Crippen LogP contribution in [0.4, 0.5) is 5.69 Å².